The lowest BCUT2D eigenvalue weighted by atomic mass is 10.2. The number of carbonyl (C=O) groups excluding carboxylic acids is 1. The van der Waals surface area contributed by atoms with Gasteiger partial charge in [-0.3, -0.25) is 9.10 Å². The van der Waals surface area contributed by atoms with E-state index in [2.05, 4.69) is 10.3 Å². The van der Waals surface area contributed by atoms with Crippen molar-refractivity contribution in [2.24, 2.45) is 0 Å². The average Bonchev–Trinajstić information content (AvgIpc) is 2.81. The van der Waals surface area contributed by atoms with E-state index in [0.29, 0.717) is 18.0 Å². The molecule has 3 rings (SSSR count). The van der Waals surface area contributed by atoms with Crippen molar-refractivity contribution in [1.82, 2.24) is 10.3 Å². The smallest absolute Gasteiger partial charge is 0.264 e. The molecule has 1 amide bonds. The first-order valence-electron chi connectivity index (χ1n) is 9.94. The van der Waals surface area contributed by atoms with Crippen molar-refractivity contribution in [3.63, 3.8) is 0 Å². The zero-order valence-electron chi connectivity index (χ0n) is 17.9. The number of anilines is 1. The minimum atomic E-state index is -3.91. The summed E-state index contributed by atoms with van der Waals surface area (Å²) in [6, 6.07) is 19.4. The van der Waals surface area contributed by atoms with E-state index in [1.807, 2.05) is 43.5 Å². The molecule has 1 heterocycles. The first kappa shape index (κ1) is 24.2. The van der Waals surface area contributed by atoms with Crippen molar-refractivity contribution in [3.05, 3.63) is 78.5 Å². The summed E-state index contributed by atoms with van der Waals surface area (Å²) < 4.78 is 27.9. The van der Waals surface area contributed by atoms with Crippen LogP contribution < -0.4 is 9.62 Å². The van der Waals surface area contributed by atoms with Crippen LogP contribution in [0, 0.1) is 6.92 Å². The summed E-state index contributed by atoms with van der Waals surface area (Å²) >= 11 is 3.06. The first-order valence-corrected chi connectivity index (χ1v) is 13.6. The molecule has 0 aliphatic heterocycles. The third kappa shape index (κ3) is 6.51. The minimum Gasteiger partial charge on any atom is -0.354 e. The molecule has 3 aromatic rings. The van der Waals surface area contributed by atoms with Crippen LogP contribution in [0.5, 0.6) is 0 Å². The molecule has 32 heavy (non-hydrogen) atoms. The number of sulfonamides is 1. The van der Waals surface area contributed by atoms with Gasteiger partial charge in [0, 0.05) is 23.4 Å². The topological polar surface area (TPSA) is 79.4 Å². The van der Waals surface area contributed by atoms with Crippen LogP contribution in [-0.2, 0) is 14.8 Å². The van der Waals surface area contributed by atoms with Crippen LogP contribution in [0.1, 0.15) is 5.56 Å². The fourth-order valence-electron chi connectivity index (χ4n) is 2.87. The number of amides is 1. The van der Waals surface area contributed by atoms with Crippen LogP contribution in [0.3, 0.4) is 0 Å². The molecule has 0 radical (unpaired) electrons. The highest BCUT2D eigenvalue weighted by Gasteiger charge is 2.27. The number of nitrogens with one attached hydrogen (secondary N) is 1. The maximum absolute atomic E-state index is 13.4. The van der Waals surface area contributed by atoms with Gasteiger partial charge in [0.15, 0.2) is 0 Å². The van der Waals surface area contributed by atoms with Crippen LogP contribution in [0.15, 0.2) is 87.7 Å². The molecule has 0 spiro atoms. The zero-order valence-corrected chi connectivity index (χ0v) is 20.3. The molecule has 0 atom stereocenters. The van der Waals surface area contributed by atoms with Gasteiger partial charge >= 0.3 is 0 Å². The van der Waals surface area contributed by atoms with E-state index in [1.165, 1.54) is 23.5 Å². The molecule has 0 saturated heterocycles. The number of nitrogens with zero attached hydrogens (tertiary/aromatic N) is 2. The second-order valence-electron chi connectivity index (χ2n) is 6.89. The number of hydrogen-bond donors (Lipinski definition) is 1. The highest BCUT2D eigenvalue weighted by molar-refractivity contribution is 7.99. The third-order valence-corrected chi connectivity index (χ3v) is 8.05. The van der Waals surface area contributed by atoms with Gasteiger partial charge < -0.3 is 5.32 Å². The third-order valence-electron chi connectivity index (χ3n) is 4.57. The molecule has 2 aromatic carbocycles. The minimum absolute atomic E-state index is 0.148. The quantitative estimate of drug-likeness (QED) is 0.341. The molecule has 0 bridgehead atoms. The van der Waals surface area contributed by atoms with E-state index in [1.54, 1.807) is 42.6 Å². The summed E-state index contributed by atoms with van der Waals surface area (Å²) in [5.41, 5.74) is 1.45. The van der Waals surface area contributed by atoms with Gasteiger partial charge in [0.05, 0.1) is 15.6 Å². The molecule has 6 nitrogen and oxygen atoms in total. The number of aromatic nitrogens is 1. The monoisotopic (exact) mass is 487 g/mol. The maximum atomic E-state index is 13.4. The molecular formula is C23H25N3O3S3. The summed E-state index contributed by atoms with van der Waals surface area (Å²) in [5, 5.41) is 3.68. The Labute approximate surface area is 197 Å². The molecule has 1 N–H and O–H groups in total. The van der Waals surface area contributed by atoms with E-state index in [9.17, 15) is 13.2 Å². The molecule has 0 saturated carbocycles. The van der Waals surface area contributed by atoms with Gasteiger partial charge in [-0.25, -0.2) is 13.4 Å². The Morgan fingerprint density at radius 1 is 1.03 bits per heavy atom. The lowest BCUT2D eigenvalue weighted by Crippen LogP contribution is -2.41. The normalized spacial score (nSPS) is 11.2. The Morgan fingerprint density at radius 2 is 1.75 bits per heavy atom. The Bertz CT molecular complexity index is 1120. The zero-order chi connectivity index (χ0) is 23.0. The maximum Gasteiger partial charge on any atom is 0.264 e. The molecule has 9 heteroatoms. The number of carbonyl (C=O) groups is 1. The highest BCUT2D eigenvalue weighted by Crippen LogP contribution is 2.25. The van der Waals surface area contributed by atoms with Crippen molar-refractivity contribution in [3.8, 4) is 0 Å². The Balaban J connectivity index is 1.72. The van der Waals surface area contributed by atoms with E-state index >= 15 is 0 Å². The SMILES string of the molecule is CSc1ccc(S(=O)(=O)N(CC(=O)NCCSc2ccccn2)c2ccc(C)cc2)cc1. The van der Waals surface area contributed by atoms with Gasteiger partial charge in [-0.2, -0.15) is 0 Å². The van der Waals surface area contributed by atoms with Gasteiger partial charge in [-0.15, -0.1) is 23.5 Å². The van der Waals surface area contributed by atoms with Crippen LogP contribution in [-0.4, -0.2) is 44.4 Å². The second kappa shape index (κ2) is 11.4. The molecule has 0 aliphatic rings. The lowest BCUT2D eigenvalue weighted by molar-refractivity contribution is -0.119. The second-order valence-corrected chi connectivity index (χ2v) is 10.7. The highest BCUT2D eigenvalue weighted by atomic mass is 32.2. The van der Waals surface area contributed by atoms with Crippen LogP contribution >= 0.6 is 23.5 Å². The number of aryl methyl sites for hydroxylation is 1. The molecular weight excluding hydrogens is 462 g/mol. The number of benzene rings is 2. The van der Waals surface area contributed by atoms with Crippen molar-refractivity contribution in [2.45, 2.75) is 21.7 Å². The lowest BCUT2D eigenvalue weighted by Gasteiger charge is -2.24. The number of thioether (sulfide) groups is 2. The molecule has 168 valence electrons. The summed E-state index contributed by atoms with van der Waals surface area (Å²) in [6.45, 7) is 2.03. The van der Waals surface area contributed by atoms with Gasteiger partial charge in [-0.05, 0) is 61.7 Å². The van der Waals surface area contributed by atoms with Crippen molar-refractivity contribution < 1.29 is 13.2 Å². The van der Waals surface area contributed by atoms with Crippen molar-refractivity contribution in [2.75, 3.05) is 29.4 Å². The Hall–Kier alpha value is -2.49. The average molecular weight is 488 g/mol. The number of pyridine rings is 1. The summed E-state index contributed by atoms with van der Waals surface area (Å²) in [5.74, 6) is 0.271. The van der Waals surface area contributed by atoms with E-state index in [4.69, 9.17) is 0 Å². The van der Waals surface area contributed by atoms with Crippen molar-refractivity contribution >= 4 is 45.1 Å². The largest absolute Gasteiger partial charge is 0.354 e. The number of hydrogen-bond acceptors (Lipinski definition) is 6. The standard InChI is InChI=1S/C23H25N3O3S3/c1-18-6-8-19(9-7-18)26(32(28,29)21-12-10-20(30-2)11-13-21)17-22(27)24-15-16-31-23-5-3-4-14-25-23/h3-14H,15-17H2,1-2H3,(H,24,27). The predicted molar refractivity (Wildman–Crippen MR) is 132 cm³/mol. The van der Waals surface area contributed by atoms with Crippen molar-refractivity contribution in [1.29, 1.82) is 0 Å². The van der Waals surface area contributed by atoms with Crippen LogP contribution in [0.25, 0.3) is 0 Å². The van der Waals surface area contributed by atoms with E-state index in [0.717, 1.165) is 19.8 Å². The van der Waals surface area contributed by atoms with Gasteiger partial charge in [0.1, 0.15) is 6.54 Å². The van der Waals surface area contributed by atoms with Gasteiger partial charge in [0.2, 0.25) is 5.91 Å². The summed E-state index contributed by atoms with van der Waals surface area (Å²) in [7, 11) is -3.91. The van der Waals surface area contributed by atoms with Gasteiger partial charge in [-0.1, -0.05) is 23.8 Å². The van der Waals surface area contributed by atoms with E-state index < -0.39 is 10.0 Å². The molecule has 0 unspecified atom stereocenters. The molecule has 0 fully saturated rings. The predicted octanol–water partition coefficient (Wildman–Crippen LogP) is 4.22. The van der Waals surface area contributed by atoms with Crippen LogP contribution in [0.2, 0.25) is 0 Å². The Kier molecular flexibility index (Phi) is 8.60. The molecule has 0 aliphatic carbocycles. The van der Waals surface area contributed by atoms with Gasteiger partial charge in [0.25, 0.3) is 10.0 Å². The van der Waals surface area contributed by atoms with Crippen LogP contribution in [0.4, 0.5) is 5.69 Å². The fourth-order valence-corrected chi connectivity index (χ4v) is 5.42. The summed E-state index contributed by atoms with van der Waals surface area (Å²) in [4.78, 5) is 18.0. The fraction of sp³-hybridized carbons (Fsp3) is 0.217. The Morgan fingerprint density at radius 3 is 2.38 bits per heavy atom. The first-order chi connectivity index (χ1) is 15.4. The summed E-state index contributed by atoms with van der Waals surface area (Å²) in [6.07, 6.45) is 3.65. The molecule has 1 aromatic heterocycles. The number of rotatable bonds is 10. The van der Waals surface area contributed by atoms with E-state index in [-0.39, 0.29) is 17.3 Å².